The van der Waals surface area contributed by atoms with E-state index in [-0.39, 0.29) is 29.5 Å². The molecule has 12 heteroatoms. The van der Waals surface area contributed by atoms with Crippen LogP contribution in [0.5, 0.6) is 5.75 Å². The third-order valence-electron chi connectivity index (χ3n) is 5.78. The number of aliphatic imine (C=N–C) groups is 1. The van der Waals surface area contributed by atoms with Gasteiger partial charge in [0.1, 0.15) is 22.4 Å². The van der Waals surface area contributed by atoms with Crippen molar-refractivity contribution in [2.45, 2.75) is 40.2 Å². The SMILES string of the molecule is CCC(CC)C1=NN2C(=N)/C(=C\c3ccc(OCc4cc(=O)n5nc(C)sc5n4)cc3)C(=O)N=C2S1. The molecule has 1 amide bonds. The number of thioether (sulfide) groups is 1. The standard InChI is InChI=1S/C24H23N7O3S2/c1-4-15(5-2)22-29-31-20(25)18(21(33)27-24(31)36-22)10-14-6-8-17(9-7-14)34-12-16-11-19(32)30-23(26-16)35-13(3)28-30/h6-11,15,25H,4-5,12H2,1-3H3/b18-10+,25-20?. The molecule has 0 saturated carbocycles. The Bertz CT molecular complexity index is 1510. The Hall–Kier alpha value is -3.64. The molecular formula is C24H23N7O3S2. The van der Waals surface area contributed by atoms with Crippen LogP contribution in [0, 0.1) is 18.3 Å². The van der Waals surface area contributed by atoms with Crippen molar-refractivity contribution >= 4 is 56.1 Å². The summed E-state index contributed by atoms with van der Waals surface area (Å²) in [6, 6.07) is 8.51. The lowest BCUT2D eigenvalue weighted by atomic mass is 10.1. The Balaban J connectivity index is 1.29. The van der Waals surface area contributed by atoms with Crippen LogP contribution in [-0.2, 0) is 11.4 Å². The van der Waals surface area contributed by atoms with Gasteiger partial charge in [0.2, 0.25) is 10.1 Å². The van der Waals surface area contributed by atoms with Crippen molar-refractivity contribution in [1.82, 2.24) is 19.6 Å². The van der Waals surface area contributed by atoms with Crippen LogP contribution < -0.4 is 10.3 Å². The molecule has 0 radical (unpaired) electrons. The number of amides is 1. The van der Waals surface area contributed by atoms with Crippen LogP contribution in [0.25, 0.3) is 11.0 Å². The Morgan fingerprint density at radius 1 is 1.17 bits per heavy atom. The fraction of sp³-hybridized carbons (Fsp3) is 0.292. The van der Waals surface area contributed by atoms with E-state index in [0.717, 1.165) is 28.5 Å². The van der Waals surface area contributed by atoms with Gasteiger partial charge in [-0.3, -0.25) is 15.0 Å². The van der Waals surface area contributed by atoms with Gasteiger partial charge in [0.25, 0.3) is 11.5 Å². The molecule has 0 atom stereocenters. The zero-order chi connectivity index (χ0) is 25.4. The number of carbonyl (C=O) groups excluding carboxylic acids is 1. The lowest BCUT2D eigenvalue weighted by Gasteiger charge is -2.20. The van der Waals surface area contributed by atoms with E-state index >= 15 is 0 Å². The van der Waals surface area contributed by atoms with Crippen LogP contribution in [0.1, 0.15) is 43.0 Å². The first-order chi connectivity index (χ1) is 17.4. The van der Waals surface area contributed by atoms with Gasteiger partial charge in [-0.1, -0.05) is 37.3 Å². The topological polar surface area (TPSA) is 125 Å². The summed E-state index contributed by atoms with van der Waals surface area (Å²) >= 11 is 2.71. The molecule has 0 fully saturated rings. The van der Waals surface area contributed by atoms with Gasteiger partial charge < -0.3 is 4.74 Å². The molecule has 184 valence electrons. The van der Waals surface area contributed by atoms with E-state index < -0.39 is 5.91 Å². The van der Waals surface area contributed by atoms with Crippen molar-refractivity contribution in [1.29, 1.82) is 5.41 Å². The highest BCUT2D eigenvalue weighted by molar-refractivity contribution is 8.27. The van der Waals surface area contributed by atoms with Crippen LogP contribution in [0.2, 0.25) is 0 Å². The van der Waals surface area contributed by atoms with Crippen molar-refractivity contribution in [3.63, 3.8) is 0 Å². The van der Waals surface area contributed by atoms with Gasteiger partial charge in [-0.25, -0.2) is 4.98 Å². The number of aromatic nitrogens is 3. The molecule has 0 bridgehead atoms. The fourth-order valence-electron chi connectivity index (χ4n) is 3.82. The first-order valence-electron chi connectivity index (χ1n) is 11.5. The molecule has 2 aliphatic heterocycles. The van der Waals surface area contributed by atoms with E-state index in [2.05, 4.69) is 34.0 Å². The monoisotopic (exact) mass is 521 g/mol. The number of hydrogen-bond acceptors (Lipinski definition) is 9. The second kappa shape index (κ2) is 9.78. The molecule has 0 spiro atoms. The number of hydrazone groups is 1. The number of fused-ring (bicyclic) bond motifs is 2. The number of aryl methyl sites for hydroxylation is 1. The summed E-state index contributed by atoms with van der Waals surface area (Å²) in [5, 5.41) is 20.8. The number of benzene rings is 1. The highest BCUT2D eigenvalue weighted by Gasteiger charge is 2.37. The molecule has 3 aromatic rings. The number of rotatable bonds is 7. The lowest BCUT2D eigenvalue weighted by Crippen LogP contribution is -2.35. The van der Waals surface area contributed by atoms with Gasteiger partial charge >= 0.3 is 0 Å². The maximum absolute atomic E-state index is 12.7. The first-order valence-corrected chi connectivity index (χ1v) is 13.1. The Morgan fingerprint density at radius 2 is 1.92 bits per heavy atom. The van der Waals surface area contributed by atoms with E-state index in [0.29, 0.717) is 21.6 Å². The third-order valence-corrected chi connectivity index (χ3v) is 7.68. The maximum atomic E-state index is 12.7. The molecule has 2 aromatic heterocycles. The number of hydrogen-bond donors (Lipinski definition) is 1. The molecule has 4 heterocycles. The van der Waals surface area contributed by atoms with Gasteiger partial charge in [-0.2, -0.15) is 24.7 Å². The van der Waals surface area contributed by atoms with Gasteiger partial charge in [-0.15, -0.1) is 0 Å². The average Bonchev–Trinajstić information content (AvgIpc) is 3.45. The predicted octanol–water partition coefficient (Wildman–Crippen LogP) is 4.09. The molecule has 36 heavy (non-hydrogen) atoms. The fourth-order valence-corrected chi connectivity index (χ4v) is 5.74. The van der Waals surface area contributed by atoms with Gasteiger partial charge in [0, 0.05) is 12.0 Å². The van der Waals surface area contributed by atoms with Crippen LogP contribution in [0.3, 0.4) is 0 Å². The highest BCUT2D eigenvalue weighted by atomic mass is 32.2. The minimum atomic E-state index is -0.453. The van der Waals surface area contributed by atoms with Crippen molar-refractivity contribution in [3.05, 3.63) is 62.5 Å². The van der Waals surface area contributed by atoms with Crippen molar-refractivity contribution < 1.29 is 9.53 Å². The molecule has 2 aliphatic rings. The van der Waals surface area contributed by atoms with E-state index in [9.17, 15) is 9.59 Å². The van der Waals surface area contributed by atoms with Crippen LogP contribution in [0.4, 0.5) is 0 Å². The highest BCUT2D eigenvalue weighted by Crippen LogP contribution is 2.33. The average molecular weight is 522 g/mol. The predicted molar refractivity (Wildman–Crippen MR) is 142 cm³/mol. The van der Waals surface area contributed by atoms with Gasteiger partial charge in [0.05, 0.1) is 11.3 Å². The largest absolute Gasteiger partial charge is 0.487 e. The minimum Gasteiger partial charge on any atom is -0.487 e. The van der Waals surface area contributed by atoms with Crippen molar-refractivity contribution in [3.8, 4) is 5.75 Å². The first kappa shape index (κ1) is 24.1. The Labute approximate surface area is 214 Å². The van der Waals surface area contributed by atoms with E-state index in [1.165, 1.54) is 38.7 Å². The summed E-state index contributed by atoms with van der Waals surface area (Å²) in [6.45, 7) is 6.15. The van der Waals surface area contributed by atoms with E-state index in [1.807, 2.05) is 6.92 Å². The molecule has 0 saturated heterocycles. The zero-order valence-electron chi connectivity index (χ0n) is 19.9. The normalized spacial score (nSPS) is 16.7. The van der Waals surface area contributed by atoms with Crippen LogP contribution >= 0.6 is 23.1 Å². The minimum absolute atomic E-state index is 0.0184. The molecule has 1 N–H and O–H groups in total. The molecule has 0 unspecified atom stereocenters. The number of carbonyl (C=O) groups is 1. The summed E-state index contributed by atoms with van der Waals surface area (Å²) < 4.78 is 7.07. The summed E-state index contributed by atoms with van der Waals surface area (Å²) in [6.07, 6.45) is 3.51. The van der Waals surface area contributed by atoms with Crippen LogP contribution in [0.15, 0.2) is 50.8 Å². The smallest absolute Gasteiger partial charge is 0.283 e. The number of amidine groups is 2. The summed E-state index contributed by atoms with van der Waals surface area (Å²) in [5.41, 5.74) is 1.17. The number of ether oxygens (including phenoxy) is 1. The molecule has 5 rings (SSSR count). The van der Waals surface area contributed by atoms with E-state index in [1.54, 1.807) is 30.3 Å². The summed E-state index contributed by atoms with van der Waals surface area (Å²) in [4.78, 5) is 34.0. The zero-order valence-corrected chi connectivity index (χ0v) is 21.5. The molecule has 0 aliphatic carbocycles. The quantitative estimate of drug-likeness (QED) is 0.464. The lowest BCUT2D eigenvalue weighted by molar-refractivity contribution is -0.114. The van der Waals surface area contributed by atoms with E-state index in [4.69, 9.17) is 10.1 Å². The third kappa shape index (κ3) is 4.61. The van der Waals surface area contributed by atoms with Crippen molar-refractivity contribution in [2.24, 2.45) is 16.0 Å². The second-order valence-corrected chi connectivity index (χ2v) is 10.4. The molecular weight excluding hydrogens is 498 g/mol. The molecule has 10 nitrogen and oxygen atoms in total. The van der Waals surface area contributed by atoms with Gasteiger partial charge in [0.15, 0.2) is 5.84 Å². The summed E-state index contributed by atoms with van der Waals surface area (Å²) in [5.74, 6) is 0.435. The number of nitrogens with zero attached hydrogens (tertiary/aromatic N) is 6. The Kier molecular flexibility index (Phi) is 6.54. The maximum Gasteiger partial charge on any atom is 0.283 e. The molecule has 1 aromatic carbocycles. The van der Waals surface area contributed by atoms with Crippen LogP contribution in [-0.4, -0.2) is 41.6 Å². The van der Waals surface area contributed by atoms with Gasteiger partial charge in [-0.05, 0) is 55.3 Å². The number of nitrogens with one attached hydrogen (secondary N) is 1. The van der Waals surface area contributed by atoms with Crippen molar-refractivity contribution in [2.75, 3.05) is 0 Å². The summed E-state index contributed by atoms with van der Waals surface area (Å²) in [7, 11) is 0. The second-order valence-electron chi connectivity index (χ2n) is 8.23. The Morgan fingerprint density at radius 3 is 2.64 bits per heavy atom.